The molecule has 30 heavy (non-hydrogen) atoms. The zero-order chi connectivity index (χ0) is 21.8. The summed E-state index contributed by atoms with van der Waals surface area (Å²) in [5.41, 5.74) is 4.20. The van der Waals surface area contributed by atoms with E-state index in [-0.39, 0.29) is 16.8 Å². The van der Waals surface area contributed by atoms with Crippen LogP contribution in [0.1, 0.15) is 26.3 Å². The Morgan fingerprint density at radius 3 is 2.17 bits per heavy atom. The molecule has 0 spiro atoms. The molecule has 0 aliphatic rings. The van der Waals surface area contributed by atoms with Gasteiger partial charge in [0.15, 0.2) is 17.5 Å². The predicted octanol–water partition coefficient (Wildman–Crippen LogP) is 4.56. The van der Waals surface area contributed by atoms with Gasteiger partial charge in [0.05, 0.1) is 22.5 Å². The van der Waals surface area contributed by atoms with Crippen molar-refractivity contribution in [1.82, 2.24) is 5.43 Å². The number of aryl methyl sites for hydroxylation is 1. The van der Waals surface area contributed by atoms with Gasteiger partial charge in [0.1, 0.15) is 5.82 Å². The van der Waals surface area contributed by atoms with Gasteiger partial charge in [0.2, 0.25) is 0 Å². The van der Waals surface area contributed by atoms with Crippen LogP contribution in [0, 0.1) is 30.2 Å². The van der Waals surface area contributed by atoms with E-state index in [9.17, 15) is 27.2 Å². The second-order valence-electron chi connectivity index (χ2n) is 6.23. The standard InChI is InChI=1S/C21H15F4N3O2/c1-11-5-4-7-13(19(11)26-20(29)12-6-2-3-8-14(12)22)21(30)28-27-16-10-9-15(23)17(24)18(16)25/h2-10,27H,1H3,(H,26,29)(H,28,30). The van der Waals surface area contributed by atoms with Crippen molar-refractivity contribution in [1.29, 1.82) is 0 Å². The predicted molar refractivity (Wildman–Crippen MR) is 103 cm³/mol. The third-order valence-corrected chi connectivity index (χ3v) is 4.22. The molecule has 0 atom stereocenters. The smallest absolute Gasteiger partial charge is 0.271 e. The quantitative estimate of drug-likeness (QED) is 0.324. The molecule has 3 aromatic rings. The van der Waals surface area contributed by atoms with Crippen molar-refractivity contribution < 1.29 is 27.2 Å². The molecule has 9 heteroatoms. The van der Waals surface area contributed by atoms with Gasteiger partial charge in [-0.3, -0.25) is 20.4 Å². The second kappa shape index (κ2) is 8.64. The zero-order valence-electron chi connectivity index (χ0n) is 15.5. The molecule has 0 radical (unpaired) electrons. The highest BCUT2D eigenvalue weighted by molar-refractivity contribution is 6.09. The molecule has 0 unspecified atom stereocenters. The maximum atomic E-state index is 13.9. The summed E-state index contributed by atoms with van der Waals surface area (Å²) in [6.45, 7) is 1.62. The van der Waals surface area contributed by atoms with Crippen molar-refractivity contribution in [2.24, 2.45) is 0 Å². The lowest BCUT2D eigenvalue weighted by Crippen LogP contribution is -2.31. The fraction of sp³-hybridized carbons (Fsp3) is 0.0476. The lowest BCUT2D eigenvalue weighted by atomic mass is 10.1. The fourth-order valence-corrected chi connectivity index (χ4v) is 2.66. The van der Waals surface area contributed by atoms with Crippen LogP contribution in [0.25, 0.3) is 0 Å². The van der Waals surface area contributed by atoms with Crippen molar-refractivity contribution in [2.45, 2.75) is 6.92 Å². The second-order valence-corrected chi connectivity index (χ2v) is 6.23. The van der Waals surface area contributed by atoms with Gasteiger partial charge in [-0.05, 0) is 42.8 Å². The van der Waals surface area contributed by atoms with E-state index >= 15 is 0 Å². The first-order valence-electron chi connectivity index (χ1n) is 8.65. The summed E-state index contributed by atoms with van der Waals surface area (Å²) < 4.78 is 53.9. The van der Waals surface area contributed by atoms with Crippen molar-refractivity contribution in [3.05, 3.63) is 94.6 Å². The van der Waals surface area contributed by atoms with E-state index in [0.29, 0.717) is 11.6 Å². The van der Waals surface area contributed by atoms with Gasteiger partial charge < -0.3 is 5.32 Å². The first-order valence-corrected chi connectivity index (χ1v) is 8.65. The number of carbonyl (C=O) groups excluding carboxylic acids is 2. The average Bonchev–Trinajstić information content (AvgIpc) is 2.73. The molecule has 0 heterocycles. The highest BCUT2D eigenvalue weighted by Gasteiger charge is 2.19. The molecule has 3 aromatic carbocycles. The van der Waals surface area contributed by atoms with Gasteiger partial charge in [0.25, 0.3) is 11.8 Å². The average molecular weight is 417 g/mol. The summed E-state index contributed by atoms with van der Waals surface area (Å²) in [4.78, 5) is 25.0. The summed E-state index contributed by atoms with van der Waals surface area (Å²) in [5.74, 6) is -6.87. The fourth-order valence-electron chi connectivity index (χ4n) is 2.66. The number of amides is 2. The Labute approximate surface area is 168 Å². The largest absolute Gasteiger partial charge is 0.321 e. The van der Waals surface area contributed by atoms with Crippen LogP contribution in [0.2, 0.25) is 0 Å². The molecule has 3 rings (SSSR count). The van der Waals surface area contributed by atoms with Crippen LogP contribution in [0.3, 0.4) is 0 Å². The number of rotatable bonds is 5. The Kier molecular flexibility index (Phi) is 6.01. The molecule has 3 N–H and O–H groups in total. The summed E-state index contributed by atoms with van der Waals surface area (Å²) in [5, 5.41) is 2.49. The molecule has 0 fully saturated rings. The van der Waals surface area contributed by atoms with Crippen LogP contribution in [0.4, 0.5) is 28.9 Å². The Balaban J connectivity index is 1.82. The molecule has 2 amide bonds. The number of halogens is 4. The molecule has 154 valence electrons. The van der Waals surface area contributed by atoms with E-state index in [1.807, 2.05) is 0 Å². The van der Waals surface area contributed by atoms with Crippen LogP contribution >= 0.6 is 0 Å². The van der Waals surface area contributed by atoms with Crippen molar-refractivity contribution >= 4 is 23.2 Å². The molecule has 0 saturated heterocycles. The number of benzene rings is 3. The van der Waals surface area contributed by atoms with Gasteiger partial charge >= 0.3 is 0 Å². The van der Waals surface area contributed by atoms with E-state index in [4.69, 9.17) is 0 Å². The van der Waals surface area contributed by atoms with Crippen LogP contribution in [0.5, 0.6) is 0 Å². The minimum atomic E-state index is -1.69. The summed E-state index contributed by atoms with van der Waals surface area (Å²) >= 11 is 0. The number of hydrogen-bond acceptors (Lipinski definition) is 3. The van der Waals surface area contributed by atoms with Gasteiger partial charge in [0, 0.05) is 0 Å². The highest BCUT2D eigenvalue weighted by atomic mass is 19.2. The van der Waals surface area contributed by atoms with E-state index in [2.05, 4.69) is 16.2 Å². The molecular formula is C21H15F4N3O2. The van der Waals surface area contributed by atoms with Gasteiger partial charge in [-0.25, -0.2) is 17.6 Å². The number of hydrazine groups is 1. The number of carbonyl (C=O) groups is 2. The van der Waals surface area contributed by atoms with Crippen molar-refractivity contribution in [2.75, 3.05) is 10.7 Å². The summed E-state index contributed by atoms with van der Waals surface area (Å²) in [6.07, 6.45) is 0. The number of hydrogen-bond donors (Lipinski definition) is 3. The number of para-hydroxylation sites is 1. The molecule has 0 bridgehead atoms. The van der Waals surface area contributed by atoms with E-state index in [0.717, 1.165) is 12.1 Å². The maximum Gasteiger partial charge on any atom is 0.271 e. The molecule has 0 aromatic heterocycles. The molecular weight excluding hydrogens is 402 g/mol. The minimum absolute atomic E-state index is 0.0184. The van der Waals surface area contributed by atoms with Gasteiger partial charge in [-0.2, -0.15) is 0 Å². The normalized spacial score (nSPS) is 10.4. The van der Waals surface area contributed by atoms with Gasteiger partial charge in [-0.1, -0.05) is 24.3 Å². The lowest BCUT2D eigenvalue weighted by Gasteiger charge is -2.15. The van der Waals surface area contributed by atoms with Crippen molar-refractivity contribution in [3.8, 4) is 0 Å². The third-order valence-electron chi connectivity index (χ3n) is 4.22. The first kappa shape index (κ1) is 20.8. The molecule has 0 aliphatic carbocycles. The maximum absolute atomic E-state index is 13.9. The minimum Gasteiger partial charge on any atom is -0.321 e. The third kappa shape index (κ3) is 4.24. The number of nitrogens with one attached hydrogen (secondary N) is 3. The van der Waals surface area contributed by atoms with Crippen LogP contribution in [0.15, 0.2) is 54.6 Å². The van der Waals surface area contributed by atoms with Crippen LogP contribution < -0.4 is 16.2 Å². The molecule has 0 aliphatic heterocycles. The lowest BCUT2D eigenvalue weighted by molar-refractivity contribution is 0.0963. The Bertz CT molecular complexity index is 1140. The summed E-state index contributed by atoms with van der Waals surface area (Å²) in [6, 6.07) is 11.5. The monoisotopic (exact) mass is 417 g/mol. The van der Waals surface area contributed by atoms with E-state index < -0.39 is 40.8 Å². The first-order chi connectivity index (χ1) is 14.3. The van der Waals surface area contributed by atoms with E-state index in [1.165, 1.54) is 24.3 Å². The number of anilines is 2. The molecule has 0 saturated carbocycles. The van der Waals surface area contributed by atoms with E-state index in [1.54, 1.807) is 19.1 Å². The van der Waals surface area contributed by atoms with Crippen molar-refractivity contribution in [3.63, 3.8) is 0 Å². The Morgan fingerprint density at radius 2 is 1.43 bits per heavy atom. The zero-order valence-corrected chi connectivity index (χ0v) is 15.5. The Morgan fingerprint density at radius 1 is 0.733 bits per heavy atom. The molecule has 5 nitrogen and oxygen atoms in total. The van der Waals surface area contributed by atoms with Crippen LogP contribution in [-0.4, -0.2) is 11.8 Å². The summed E-state index contributed by atoms with van der Waals surface area (Å²) in [7, 11) is 0. The van der Waals surface area contributed by atoms with Crippen LogP contribution in [-0.2, 0) is 0 Å². The highest BCUT2D eigenvalue weighted by Crippen LogP contribution is 2.23. The SMILES string of the molecule is Cc1cccc(C(=O)NNc2ccc(F)c(F)c2F)c1NC(=O)c1ccccc1F. The topological polar surface area (TPSA) is 70.2 Å². The van der Waals surface area contributed by atoms with Gasteiger partial charge in [-0.15, -0.1) is 0 Å². The Hall–Kier alpha value is -3.88.